The summed E-state index contributed by atoms with van der Waals surface area (Å²) < 4.78 is 0. The van der Waals surface area contributed by atoms with E-state index in [2.05, 4.69) is 17.1 Å². The first-order valence-electron chi connectivity index (χ1n) is 7.28. The number of nitrogens with one attached hydrogen (secondary N) is 1. The minimum absolute atomic E-state index is 0.0932. The standard InChI is InChI=1S/C15H20N4O2/c1-12(18-7-3-2-4-8-18)11-17-14-5-6-15(19(20)21)13(9-14)10-16/h5-6,9,12,17H,2-4,7-8,11H2,1H3. The number of piperidine rings is 1. The van der Waals surface area contributed by atoms with Crippen molar-refractivity contribution in [1.29, 1.82) is 5.26 Å². The molecule has 1 unspecified atom stereocenters. The molecule has 6 nitrogen and oxygen atoms in total. The van der Waals surface area contributed by atoms with E-state index in [0.29, 0.717) is 6.04 Å². The van der Waals surface area contributed by atoms with E-state index < -0.39 is 4.92 Å². The van der Waals surface area contributed by atoms with Crippen molar-refractivity contribution in [2.24, 2.45) is 0 Å². The fraction of sp³-hybridized carbons (Fsp3) is 0.533. The van der Waals surface area contributed by atoms with Gasteiger partial charge in [-0.1, -0.05) is 6.42 Å². The summed E-state index contributed by atoms with van der Waals surface area (Å²) in [6, 6.07) is 6.86. The largest absolute Gasteiger partial charge is 0.383 e. The number of nitriles is 1. The second-order valence-electron chi connectivity index (χ2n) is 5.43. The highest BCUT2D eigenvalue weighted by molar-refractivity contribution is 5.58. The average Bonchev–Trinajstić information content (AvgIpc) is 2.52. The molecule has 6 heteroatoms. The predicted molar refractivity (Wildman–Crippen MR) is 81.2 cm³/mol. The molecule has 1 aliphatic rings. The number of hydrogen-bond donors (Lipinski definition) is 1. The van der Waals surface area contributed by atoms with Crippen LogP contribution in [0.4, 0.5) is 11.4 Å². The van der Waals surface area contributed by atoms with Crippen molar-refractivity contribution < 1.29 is 4.92 Å². The molecule has 0 aromatic heterocycles. The maximum atomic E-state index is 10.8. The first kappa shape index (κ1) is 15.3. The van der Waals surface area contributed by atoms with Crippen LogP contribution in [0, 0.1) is 21.4 Å². The van der Waals surface area contributed by atoms with Gasteiger partial charge in [-0.2, -0.15) is 5.26 Å². The minimum atomic E-state index is -0.529. The van der Waals surface area contributed by atoms with Gasteiger partial charge in [0.15, 0.2) is 0 Å². The van der Waals surface area contributed by atoms with Gasteiger partial charge in [0.2, 0.25) is 0 Å². The fourth-order valence-electron chi connectivity index (χ4n) is 2.65. The van der Waals surface area contributed by atoms with E-state index in [0.717, 1.165) is 25.3 Å². The zero-order valence-corrected chi connectivity index (χ0v) is 12.2. The summed E-state index contributed by atoms with van der Waals surface area (Å²) in [6.07, 6.45) is 3.81. The van der Waals surface area contributed by atoms with Gasteiger partial charge in [0.1, 0.15) is 11.6 Å². The van der Waals surface area contributed by atoms with Gasteiger partial charge in [-0.25, -0.2) is 0 Å². The number of anilines is 1. The summed E-state index contributed by atoms with van der Waals surface area (Å²) in [5, 5.41) is 23.0. The van der Waals surface area contributed by atoms with Crippen LogP contribution in [0.2, 0.25) is 0 Å². The van der Waals surface area contributed by atoms with Crippen molar-refractivity contribution in [3.63, 3.8) is 0 Å². The number of nitro benzene ring substituents is 1. The molecule has 1 aromatic rings. The highest BCUT2D eigenvalue weighted by Gasteiger charge is 2.17. The lowest BCUT2D eigenvalue weighted by atomic mass is 10.1. The second-order valence-corrected chi connectivity index (χ2v) is 5.43. The lowest BCUT2D eigenvalue weighted by Gasteiger charge is -2.32. The van der Waals surface area contributed by atoms with Crippen LogP contribution in [0.5, 0.6) is 0 Å². The van der Waals surface area contributed by atoms with Gasteiger partial charge in [-0.15, -0.1) is 0 Å². The summed E-state index contributed by atoms with van der Waals surface area (Å²) in [4.78, 5) is 12.7. The van der Waals surface area contributed by atoms with Crippen molar-refractivity contribution in [3.05, 3.63) is 33.9 Å². The Kier molecular flexibility index (Phi) is 5.12. The zero-order chi connectivity index (χ0) is 15.2. The molecule has 0 amide bonds. The molecule has 112 valence electrons. The van der Waals surface area contributed by atoms with Crippen molar-refractivity contribution in [2.75, 3.05) is 25.0 Å². The third-order valence-electron chi connectivity index (χ3n) is 3.93. The van der Waals surface area contributed by atoms with Gasteiger partial charge in [-0.05, 0) is 45.0 Å². The maximum absolute atomic E-state index is 10.8. The highest BCUT2D eigenvalue weighted by Crippen LogP contribution is 2.22. The van der Waals surface area contributed by atoms with Gasteiger partial charge in [0.05, 0.1) is 4.92 Å². The molecule has 1 aliphatic heterocycles. The number of benzene rings is 1. The molecular weight excluding hydrogens is 268 g/mol. The molecule has 0 aliphatic carbocycles. The van der Waals surface area contributed by atoms with E-state index in [-0.39, 0.29) is 11.3 Å². The van der Waals surface area contributed by atoms with Crippen LogP contribution in [0.15, 0.2) is 18.2 Å². The normalized spacial score (nSPS) is 17.0. The monoisotopic (exact) mass is 288 g/mol. The summed E-state index contributed by atoms with van der Waals surface area (Å²) in [6.45, 7) is 5.21. The van der Waals surface area contributed by atoms with Gasteiger partial charge in [0.25, 0.3) is 5.69 Å². The van der Waals surface area contributed by atoms with E-state index in [1.54, 1.807) is 12.1 Å². The van der Waals surface area contributed by atoms with E-state index >= 15 is 0 Å². The Hall–Kier alpha value is -2.13. The van der Waals surface area contributed by atoms with E-state index in [1.165, 1.54) is 25.3 Å². The van der Waals surface area contributed by atoms with Crippen LogP contribution in [0.3, 0.4) is 0 Å². The second kappa shape index (κ2) is 7.04. The molecule has 1 atom stereocenters. The minimum Gasteiger partial charge on any atom is -0.383 e. The van der Waals surface area contributed by atoms with E-state index in [9.17, 15) is 10.1 Å². The molecule has 1 saturated heterocycles. The topological polar surface area (TPSA) is 82.2 Å². The Bertz CT molecular complexity index is 547. The lowest BCUT2D eigenvalue weighted by molar-refractivity contribution is -0.385. The quantitative estimate of drug-likeness (QED) is 0.665. The smallest absolute Gasteiger partial charge is 0.287 e. The third kappa shape index (κ3) is 3.92. The molecule has 1 aromatic carbocycles. The Morgan fingerprint density at radius 1 is 1.43 bits per heavy atom. The average molecular weight is 288 g/mol. The van der Waals surface area contributed by atoms with E-state index in [1.807, 2.05) is 6.07 Å². The van der Waals surface area contributed by atoms with Crippen molar-refractivity contribution in [3.8, 4) is 6.07 Å². The molecule has 0 spiro atoms. The Morgan fingerprint density at radius 3 is 2.76 bits per heavy atom. The first-order chi connectivity index (χ1) is 10.1. The third-order valence-corrected chi connectivity index (χ3v) is 3.93. The molecule has 1 heterocycles. The Labute approximate surface area is 124 Å². The van der Waals surface area contributed by atoms with E-state index in [4.69, 9.17) is 5.26 Å². The van der Waals surface area contributed by atoms with Gasteiger partial charge >= 0.3 is 0 Å². The Balaban J connectivity index is 1.97. The van der Waals surface area contributed by atoms with Crippen molar-refractivity contribution in [2.45, 2.75) is 32.2 Å². The number of nitrogens with zero attached hydrogens (tertiary/aromatic N) is 3. The summed E-state index contributed by atoms with van der Waals surface area (Å²) in [7, 11) is 0. The van der Waals surface area contributed by atoms with Gasteiger partial charge in [0, 0.05) is 24.3 Å². The molecule has 21 heavy (non-hydrogen) atoms. The molecule has 0 saturated carbocycles. The van der Waals surface area contributed by atoms with Crippen LogP contribution < -0.4 is 5.32 Å². The first-order valence-corrected chi connectivity index (χ1v) is 7.28. The number of nitro groups is 1. The van der Waals surface area contributed by atoms with Crippen LogP contribution >= 0.6 is 0 Å². The molecular formula is C15H20N4O2. The summed E-state index contributed by atoms with van der Waals surface area (Å²) >= 11 is 0. The lowest BCUT2D eigenvalue weighted by Crippen LogP contribution is -2.41. The van der Waals surface area contributed by atoms with Crippen molar-refractivity contribution in [1.82, 2.24) is 4.90 Å². The molecule has 1 N–H and O–H groups in total. The molecule has 0 radical (unpaired) electrons. The van der Waals surface area contributed by atoms with Crippen molar-refractivity contribution >= 4 is 11.4 Å². The van der Waals surface area contributed by atoms with Crippen LogP contribution in [-0.2, 0) is 0 Å². The summed E-state index contributed by atoms with van der Waals surface area (Å²) in [5.74, 6) is 0. The molecule has 2 rings (SSSR count). The zero-order valence-electron chi connectivity index (χ0n) is 12.2. The van der Waals surface area contributed by atoms with Gasteiger partial charge < -0.3 is 5.32 Å². The highest BCUT2D eigenvalue weighted by atomic mass is 16.6. The summed E-state index contributed by atoms with van der Waals surface area (Å²) in [5.41, 5.74) is 0.698. The van der Waals surface area contributed by atoms with Crippen LogP contribution in [0.25, 0.3) is 0 Å². The van der Waals surface area contributed by atoms with Crippen LogP contribution in [0.1, 0.15) is 31.7 Å². The maximum Gasteiger partial charge on any atom is 0.287 e. The Morgan fingerprint density at radius 2 is 2.14 bits per heavy atom. The number of rotatable bonds is 5. The van der Waals surface area contributed by atoms with Crippen LogP contribution in [-0.4, -0.2) is 35.5 Å². The molecule has 0 bridgehead atoms. The predicted octanol–water partition coefficient (Wildman–Crippen LogP) is 2.75. The SMILES string of the molecule is CC(CNc1ccc([N+](=O)[O-])c(C#N)c1)N1CCCCC1. The fourth-order valence-corrected chi connectivity index (χ4v) is 2.65. The number of likely N-dealkylation sites (tertiary alicyclic amines) is 1. The van der Waals surface area contributed by atoms with Gasteiger partial charge in [-0.3, -0.25) is 15.0 Å². The molecule has 1 fully saturated rings. The number of hydrogen-bond acceptors (Lipinski definition) is 5.